The molecule has 23 heavy (non-hydrogen) atoms. The Morgan fingerprint density at radius 2 is 1.96 bits per heavy atom. The normalized spacial score (nSPS) is 24.5. The maximum atomic E-state index is 12.3. The van der Waals surface area contributed by atoms with Crippen LogP contribution < -0.4 is 9.46 Å². The minimum Gasteiger partial charge on any atom is -0.406 e. The fraction of sp³-hybridized carbons (Fsp3) is 0.500. The molecule has 11 heteroatoms. The number of nitrogens with one attached hydrogen (secondary N) is 1. The van der Waals surface area contributed by atoms with Crippen LogP contribution in [0.15, 0.2) is 29.2 Å². The fourth-order valence-corrected chi connectivity index (χ4v) is 5.97. The van der Waals surface area contributed by atoms with Crippen molar-refractivity contribution in [2.75, 3.05) is 11.5 Å². The molecule has 0 aliphatic carbocycles. The van der Waals surface area contributed by atoms with E-state index in [2.05, 4.69) is 9.46 Å². The largest absolute Gasteiger partial charge is 0.573 e. The summed E-state index contributed by atoms with van der Waals surface area (Å²) in [5.74, 6) is -1.19. The summed E-state index contributed by atoms with van der Waals surface area (Å²) >= 11 is 0. The van der Waals surface area contributed by atoms with Gasteiger partial charge in [-0.05, 0) is 25.5 Å². The van der Waals surface area contributed by atoms with E-state index in [4.69, 9.17) is 0 Å². The van der Waals surface area contributed by atoms with Crippen LogP contribution >= 0.6 is 0 Å². The van der Waals surface area contributed by atoms with Gasteiger partial charge < -0.3 is 4.74 Å². The molecule has 0 saturated carbocycles. The molecular formula is C12H14F3NO5S2. The van der Waals surface area contributed by atoms with Crippen LogP contribution in [0.2, 0.25) is 0 Å². The second kappa shape index (κ2) is 5.64. The number of hydrogen-bond acceptors (Lipinski definition) is 5. The average molecular weight is 373 g/mol. The molecule has 0 bridgehead atoms. The van der Waals surface area contributed by atoms with Crippen LogP contribution in [-0.2, 0) is 19.9 Å². The SMILES string of the molecule is CC1(NS(=O)(=O)c2cccc(OC(F)(F)F)c2)CCS(=O)(=O)C1. The van der Waals surface area contributed by atoms with Crippen molar-refractivity contribution in [2.24, 2.45) is 0 Å². The third-order valence-corrected chi connectivity index (χ3v) is 6.77. The molecule has 1 heterocycles. The summed E-state index contributed by atoms with van der Waals surface area (Å²) in [6.45, 7) is 1.44. The highest BCUT2D eigenvalue weighted by molar-refractivity contribution is 7.92. The summed E-state index contributed by atoms with van der Waals surface area (Å²) in [7, 11) is -7.53. The van der Waals surface area contributed by atoms with Crippen LogP contribution in [0.3, 0.4) is 0 Å². The topological polar surface area (TPSA) is 89.5 Å². The van der Waals surface area contributed by atoms with Gasteiger partial charge in [-0.2, -0.15) is 0 Å². The number of benzene rings is 1. The van der Waals surface area contributed by atoms with Crippen LogP contribution in [0.4, 0.5) is 13.2 Å². The fourth-order valence-electron chi connectivity index (χ4n) is 2.31. The Hall–Kier alpha value is -1.33. The first kappa shape index (κ1) is 18.0. The van der Waals surface area contributed by atoms with E-state index in [9.17, 15) is 30.0 Å². The highest BCUT2D eigenvalue weighted by Gasteiger charge is 2.41. The Labute approximate surface area is 131 Å². The van der Waals surface area contributed by atoms with E-state index in [1.165, 1.54) is 6.92 Å². The molecule has 0 spiro atoms. The van der Waals surface area contributed by atoms with E-state index < -0.39 is 42.4 Å². The van der Waals surface area contributed by atoms with Crippen molar-refractivity contribution in [3.63, 3.8) is 0 Å². The first-order valence-corrected chi connectivity index (χ1v) is 9.71. The summed E-state index contributed by atoms with van der Waals surface area (Å²) < 4.78 is 90.1. The molecule has 1 atom stereocenters. The molecule has 1 aromatic rings. The number of ether oxygens (including phenoxy) is 1. The van der Waals surface area contributed by atoms with Crippen molar-refractivity contribution in [1.82, 2.24) is 4.72 Å². The Kier molecular flexibility index (Phi) is 4.41. The maximum Gasteiger partial charge on any atom is 0.573 e. The number of alkyl halides is 3. The van der Waals surface area contributed by atoms with Crippen molar-refractivity contribution in [1.29, 1.82) is 0 Å². The van der Waals surface area contributed by atoms with Crippen molar-refractivity contribution in [3.8, 4) is 5.75 Å². The van der Waals surface area contributed by atoms with Gasteiger partial charge in [-0.15, -0.1) is 13.2 Å². The number of halogens is 3. The smallest absolute Gasteiger partial charge is 0.406 e. The minimum absolute atomic E-state index is 0.0906. The second-order valence-electron chi connectivity index (χ2n) is 5.53. The van der Waals surface area contributed by atoms with Gasteiger partial charge in [0.1, 0.15) is 5.75 Å². The molecule has 1 N–H and O–H groups in total. The molecule has 0 radical (unpaired) electrons. The maximum absolute atomic E-state index is 12.3. The highest BCUT2D eigenvalue weighted by Crippen LogP contribution is 2.28. The van der Waals surface area contributed by atoms with Gasteiger partial charge in [0.15, 0.2) is 9.84 Å². The molecule has 1 aliphatic heterocycles. The lowest BCUT2D eigenvalue weighted by Gasteiger charge is -2.23. The molecule has 6 nitrogen and oxygen atoms in total. The van der Waals surface area contributed by atoms with E-state index >= 15 is 0 Å². The zero-order chi connectivity index (χ0) is 17.5. The van der Waals surface area contributed by atoms with Crippen LogP contribution in [0.5, 0.6) is 5.75 Å². The number of sulfone groups is 1. The molecule has 1 aromatic carbocycles. The van der Waals surface area contributed by atoms with E-state index in [0.29, 0.717) is 0 Å². The number of hydrogen-bond donors (Lipinski definition) is 1. The van der Waals surface area contributed by atoms with Gasteiger partial charge in [-0.25, -0.2) is 21.6 Å². The Morgan fingerprint density at radius 3 is 2.48 bits per heavy atom. The lowest BCUT2D eigenvalue weighted by molar-refractivity contribution is -0.274. The van der Waals surface area contributed by atoms with Gasteiger partial charge in [0, 0.05) is 11.6 Å². The quantitative estimate of drug-likeness (QED) is 0.863. The highest BCUT2D eigenvalue weighted by atomic mass is 32.2. The first-order chi connectivity index (χ1) is 10.3. The van der Waals surface area contributed by atoms with Crippen LogP contribution in [0.1, 0.15) is 13.3 Å². The zero-order valence-corrected chi connectivity index (χ0v) is 13.6. The molecule has 0 aromatic heterocycles. The molecule has 1 aliphatic rings. The van der Waals surface area contributed by atoms with E-state index in [1.54, 1.807) is 0 Å². The Bertz CT molecular complexity index is 804. The van der Waals surface area contributed by atoms with Crippen molar-refractivity contribution in [2.45, 2.75) is 30.1 Å². The Balaban J connectivity index is 2.25. The molecular weight excluding hydrogens is 359 g/mol. The van der Waals surface area contributed by atoms with E-state index in [1.807, 2.05) is 0 Å². The summed E-state index contributed by atoms with van der Waals surface area (Å²) in [5.41, 5.74) is -1.20. The predicted octanol–water partition coefficient (Wildman–Crippen LogP) is 1.44. The van der Waals surface area contributed by atoms with Gasteiger partial charge in [0.25, 0.3) is 0 Å². The van der Waals surface area contributed by atoms with Crippen LogP contribution in [-0.4, -0.2) is 40.2 Å². The lowest BCUT2D eigenvalue weighted by atomic mass is 10.0. The van der Waals surface area contributed by atoms with Crippen molar-refractivity contribution in [3.05, 3.63) is 24.3 Å². The van der Waals surface area contributed by atoms with Crippen molar-refractivity contribution < 1.29 is 34.7 Å². The van der Waals surface area contributed by atoms with Crippen LogP contribution in [0, 0.1) is 0 Å². The van der Waals surface area contributed by atoms with E-state index in [0.717, 1.165) is 24.3 Å². The third-order valence-electron chi connectivity index (χ3n) is 3.23. The van der Waals surface area contributed by atoms with Gasteiger partial charge in [0.2, 0.25) is 10.0 Å². The number of sulfonamides is 1. The van der Waals surface area contributed by atoms with E-state index in [-0.39, 0.29) is 17.9 Å². The predicted molar refractivity (Wildman–Crippen MR) is 75.1 cm³/mol. The Morgan fingerprint density at radius 1 is 1.30 bits per heavy atom. The van der Waals surface area contributed by atoms with Gasteiger partial charge >= 0.3 is 6.36 Å². The minimum atomic E-state index is -4.94. The average Bonchev–Trinajstić information content (AvgIpc) is 2.60. The molecule has 1 saturated heterocycles. The second-order valence-corrected chi connectivity index (χ2v) is 9.40. The monoisotopic (exact) mass is 373 g/mol. The molecule has 130 valence electrons. The van der Waals surface area contributed by atoms with Gasteiger partial charge in [-0.3, -0.25) is 0 Å². The summed E-state index contributed by atoms with van der Waals surface area (Å²) in [6.07, 6.45) is -4.85. The third kappa shape index (κ3) is 4.82. The molecule has 1 unspecified atom stereocenters. The lowest BCUT2D eigenvalue weighted by Crippen LogP contribution is -2.46. The van der Waals surface area contributed by atoms with Crippen molar-refractivity contribution >= 4 is 19.9 Å². The van der Waals surface area contributed by atoms with Gasteiger partial charge in [0.05, 0.1) is 16.4 Å². The summed E-state index contributed by atoms with van der Waals surface area (Å²) in [5, 5.41) is 0. The molecule has 1 fully saturated rings. The van der Waals surface area contributed by atoms with Gasteiger partial charge in [-0.1, -0.05) is 6.07 Å². The standard InChI is InChI=1S/C12H14F3NO5S2/c1-11(5-6-22(17,18)8-11)16-23(19,20)10-4-2-3-9(7-10)21-12(13,14)15/h2-4,7,16H,5-6,8H2,1H3. The summed E-state index contributed by atoms with van der Waals surface area (Å²) in [4.78, 5) is -0.440. The number of rotatable bonds is 4. The molecule has 2 rings (SSSR count). The first-order valence-electron chi connectivity index (χ1n) is 6.41. The summed E-state index contributed by atoms with van der Waals surface area (Å²) in [6, 6.07) is 3.89. The molecule has 0 amide bonds. The zero-order valence-electron chi connectivity index (χ0n) is 11.9. The van der Waals surface area contributed by atoms with Crippen LogP contribution in [0.25, 0.3) is 0 Å².